The lowest BCUT2D eigenvalue weighted by molar-refractivity contribution is -0.00342. The van der Waals surface area contributed by atoms with Crippen LogP contribution in [0.4, 0.5) is 0 Å². The van der Waals surface area contributed by atoms with E-state index in [1.54, 1.807) is 11.3 Å². The average Bonchev–Trinajstić information content (AvgIpc) is 2.80. The van der Waals surface area contributed by atoms with Gasteiger partial charge >= 0.3 is 0 Å². The number of rotatable bonds is 5. The highest BCUT2D eigenvalue weighted by molar-refractivity contribution is 7.07. The molecule has 0 radical (unpaired) electrons. The Morgan fingerprint density at radius 3 is 3.25 bits per heavy atom. The molecule has 16 heavy (non-hydrogen) atoms. The molecule has 1 aromatic heterocycles. The number of nitrogens with one attached hydrogen (secondary N) is 1. The molecule has 0 aliphatic carbocycles. The van der Waals surface area contributed by atoms with E-state index >= 15 is 0 Å². The number of ether oxygens (including phenoxy) is 1. The van der Waals surface area contributed by atoms with E-state index < -0.39 is 0 Å². The van der Waals surface area contributed by atoms with Gasteiger partial charge in [-0.25, -0.2) is 0 Å². The van der Waals surface area contributed by atoms with Crippen LogP contribution in [0.15, 0.2) is 16.8 Å². The molecule has 1 N–H and O–H groups in total. The Balaban J connectivity index is 1.72. The van der Waals surface area contributed by atoms with Crippen molar-refractivity contribution in [2.24, 2.45) is 0 Å². The lowest BCUT2D eigenvalue weighted by Crippen LogP contribution is -2.38. The van der Waals surface area contributed by atoms with E-state index in [0.717, 1.165) is 19.6 Å². The zero-order chi connectivity index (χ0) is 11.2. The van der Waals surface area contributed by atoms with Gasteiger partial charge in [0.05, 0.1) is 6.10 Å². The minimum absolute atomic E-state index is 0.485. The van der Waals surface area contributed by atoms with Gasteiger partial charge in [-0.2, -0.15) is 11.3 Å². The normalized spacial score (nSPS) is 25.8. The molecule has 1 aliphatic heterocycles. The van der Waals surface area contributed by atoms with E-state index in [4.69, 9.17) is 4.74 Å². The first-order chi connectivity index (χ1) is 7.88. The van der Waals surface area contributed by atoms with E-state index in [2.05, 4.69) is 29.1 Å². The molecule has 90 valence electrons. The molecular weight excluding hydrogens is 218 g/mol. The molecule has 0 amide bonds. The fraction of sp³-hybridized carbons (Fsp3) is 0.692. The maximum Gasteiger partial charge on any atom is 0.0589 e. The van der Waals surface area contributed by atoms with Crippen LogP contribution in [0.1, 0.15) is 38.2 Å². The maximum absolute atomic E-state index is 5.75. The first-order valence-corrected chi connectivity index (χ1v) is 7.19. The zero-order valence-electron chi connectivity index (χ0n) is 9.95. The first-order valence-electron chi connectivity index (χ1n) is 6.24. The lowest BCUT2D eigenvalue weighted by Gasteiger charge is -2.30. The van der Waals surface area contributed by atoms with Crippen LogP contribution in [0.3, 0.4) is 0 Å². The molecule has 1 aromatic rings. The van der Waals surface area contributed by atoms with Gasteiger partial charge in [0, 0.05) is 19.2 Å². The van der Waals surface area contributed by atoms with Gasteiger partial charge in [0.1, 0.15) is 0 Å². The SMILES string of the molecule is CCCC1CC(NCc2ccsc2)CCO1. The predicted octanol–water partition coefficient (Wildman–Crippen LogP) is 3.19. The van der Waals surface area contributed by atoms with E-state index in [0.29, 0.717) is 12.1 Å². The molecule has 3 heteroatoms. The average molecular weight is 239 g/mol. The van der Waals surface area contributed by atoms with Gasteiger partial charge in [0.25, 0.3) is 0 Å². The van der Waals surface area contributed by atoms with Crippen molar-refractivity contribution in [3.05, 3.63) is 22.4 Å². The van der Waals surface area contributed by atoms with Crippen molar-refractivity contribution >= 4 is 11.3 Å². The monoisotopic (exact) mass is 239 g/mol. The summed E-state index contributed by atoms with van der Waals surface area (Å²) in [7, 11) is 0. The summed E-state index contributed by atoms with van der Waals surface area (Å²) < 4.78 is 5.75. The van der Waals surface area contributed by atoms with E-state index in [1.807, 2.05) is 0 Å². The Kier molecular flexibility index (Phi) is 4.82. The second-order valence-corrected chi connectivity index (χ2v) is 5.30. The minimum atomic E-state index is 0.485. The highest BCUT2D eigenvalue weighted by atomic mass is 32.1. The van der Waals surface area contributed by atoms with Crippen molar-refractivity contribution in [1.82, 2.24) is 5.32 Å². The molecule has 1 fully saturated rings. The van der Waals surface area contributed by atoms with Crippen molar-refractivity contribution in [2.75, 3.05) is 6.61 Å². The van der Waals surface area contributed by atoms with Gasteiger partial charge in [-0.15, -0.1) is 0 Å². The Hall–Kier alpha value is -0.380. The standard InChI is InChI=1S/C13H21NOS/c1-2-3-13-8-12(4-6-15-13)14-9-11-5-7-16-10-11/h5,7,10,12-14H,2-4,6,8-9H2,1H3. The Morgan fingerprint density at radius 2 is 2.50 bits per heavy atom. The van der Waals surface area contributed by atoms with Crippen LogP contribution in [0, 0.1) is 0 Å². The largest absolute Gasteiger partial charge is 0.378 e. The summed E-state index contributed by atoms with van der Waals surface area (Å²) in [4.78, 5) is 0. The van der Waals surface area contributed by atoms with Gasteiger partial charge in [0.2, 0.25) is 0 Å². The summed E-state index contributed by atoms with van der Waals surface area (Å²) in [6.07, 6.45) is 5.25. The molecule has 0 saturated carbocycles. The second kappa shape index (κ2) is 6.38. The molecule has 0 spiro atoms. The van der Waals surface area contributed by atoms with Crippen molar-refractivity contribution in [1.29, 1.82) is 0 Å². The Labute approximate surface area is 102 Å². The molecule has 1 saturated heterocycles. The summed E-state index contributed by atoms with van der Waals surface area (Å²) >= 11 is 1.77. The summed E-state index contributed by atoms with van der Waals surface area (Å²) in [6.45, 7) is 4.16. The van der Waals surface area contributed by atoms with Crippen molar-refractivity contribution in [2.45, 2.75) is 51.3 Å². The molecule has 2 unspecified atom stereocenters. The number of hydrogen-bond acceptors (Lipinski definition) is 3. The summed E-state index contributed by atoms with van der Waals surface area (Å²) in [5, 5.41) is 8.00. The highest BCUT2D eigenvalue weighted by Crippen LogP contribution is 2.18. The van der Waals surface area contributed by atoms with Gasteiger partial charge < -0.3 is 10.1 Å². The highest BCUT2D eigenvalue weighted by Gasteiger charge is 2.21. The zero-order valence-corrected chi connectivity index (χ0v) is 10.8. The van der Waals surface area contributed by atoms with E-state index in [9.17, 15) is 0 Å². The van der Waals surface area contributed by atoms with E-state index in [1.165, 1.54) is 24.8 Å². The van der Waals surface area contributed by atoms with Crippen LogP contribution in [0.25, 0.3) is 0 Å². The molecule has 0 aromatic carbocycles. The third-order valence-corrected chi connectivity index (χ3v) is 3.88. The van der Waals surface area contributed by atoms with Crippen molar-refractivity contribution in [3.8, 4) is 0 Å². The van der Waals surface area contributed by atoms with Crippen LogP contribution in [0.5, 0.6) is 0 Å². The topological polar surface area (TPSA) is 21.3 Å². The quantitative estimate of drug-likeness (QED) is 0.852. The Bertz CT molecular complexity index is 284. The molecule has 0 bridgehead atoms. The lowest BCUT2D eigenvalue weighted by atomic mass is 10.00. The van der Waals surface area contributed by atoms with Gasteiger partial charge in [-0.05, 0) is 41.7 Å². The number of thiophene rings is 1. The maximum atomic E-state index is 5.75. The third-order valence-electron chi connectivity index (χ3n) is 3.15. The molecule has 1 aliphatic rings. The smallest absolute Gasteiger partial charge is 0.0589 e. The molecule has 2 nitrogen and oxygen atoms in total. The summed E-state index contributed by atoms with van der Waals surface area (Å²) in [5.74, 6) is 0. The number of hydrogen-bond donors (Lipinski definition) is 1. The molecule has 2 heterocycles. The van der Waals surface area contributed by atoms with Crippen molar-refractivity contribution < 1.29 is 4.74 Å². The summed E-state index contributed by atoms with van der Waals surface area (Å²) in [6, 6.07) is 2.84. The van der Waals surface area contributed by atoms with Crippen LogP contribution in [0.2, 0.25) is 0 Å². The van der Waals surface area contributed by atoms with E-state index in [-0.39, 0.29) is 0 Å². The Morgan fingerprint density at radius 1 is 1.56 bits per heavy atom. The van der Waals surface area contributed by atoms with Crippen LogP contribution >= 0.6 is 11.3 Å². The molecular formula is C13H21NOS. The first kappa shape index (κ1) is 12.1. The molecule has 2 rings (SSSR count). The fourth-order valence-electron chi connectivity index (χ4n) is 2.24. The van der Waals surface area contributed by atoms with Crippen LogP contribution in [-0.4, -0.2) is 18.8 Å². The third kappa shape index (κ3) is 3.58. The predicted molar refractivity (Wildman–Crippen MR) is 68.8 cm³/mol. The van der Waals surface area contributed by atoms with Gasteiger partial charge in [0.15, 0.2) is 0 Å². The van der Waals surface area contributed by atoms with Gasteiger partial charge in [-0.1, -0.05) is 13.3 Å². The van der Waals surface area contributed by atoms with Gasteiger partial charge in [-0.3, -0.25) is 0 Å². The summed E-state index contributed by atoms with van der Waals surface area (Å²) in [5.41, 5.74) is 1.41. The van der Waals surface area contributed by atoms with Crippen molar-refractivity contribution in [3.63, 3.8) is 0 Å². The molecule has 2 atom stereocenters. The fourth-order valence-corrected chi connectivity index (χ4v) is 2.91. The van der Waals surface area contributed by atoms with Crippen LogP contribution in [-0.2, 0) is 11.3 Å². The minimum Gasteiger partial charge on any atom is -0.378 e. The van der Waals surface area contributed by atoms with Crippen LogP contribution < -0.4 is 5.32 Å². The second-order valence-electron chi connectivity index (χ2n) is 4.52.